The molecule has 2 rings (SSSR count). The summed E-state index contributed by atoms with van der Waals surface area (Å²) in [5, 5.41) is 3.03. The molecule has 1 aromatic carbocycles. The van der Waals surface area contributed by atoms with E-state index in [2.05, 4.69) is 36.5 Å². The van der Waals surface area contributed by atoms with Crippen molar-refractivity contribution in [3.8, 4) is 0 Å². The number of carbonyl (C=O) groups is 1. The molecule has 0 spiro atoms. The van der Waals surface area contributed by atoms with Gasteiger partial charge in [-0.25, -0.2) is 4.79 Å². The molecule has 1 aromatic rings. The van der Waals surface area contributed by atoms with E-state index >= 15 is 0 Å². The molecule has 3 N–H and O–H groups in total. The van der Waals surface area contributed by atoms with Crippen molar-refractivity contribution in [1.29, 1.82) is 0 Å². The van der Waals surface area contributed by atoms with E-state index in [1.54, 1.807) is 0 Å². The first kappa shape index (κ1) is 12.9. The lowest BCUT2D eigenvalue weighted by atomic mass is 10.1. The van der Waals surface area contributed by atoms with Gasteiger partial charge in [-0.3, -0.25) is 0 Å². The van der Waals surface area contributed by atoms with Crippen LogP contribution in [-0.4, -0.2) is 30.1 Å². The van der Waals surface area contributed by atoms with E-state index in [4.69, 9.17) is 5.73 Å². The molecule has 0 saturated carbocycles. The SMILES string of the molecule is Cc1ccc(C2CN(C(C)CCN)C(=O)N2)cc1. The van der Waals surface area contributed by atoms with E-state index in [1.807, 2.05) is 11.8 Å². The topological polar surface area (TPSA) is 58.4 Å². The zero-order valence-electron chi connectivity index (χ0n) is 11.0. The first-order chi connectivity index (χ1) is 8.61. The summed E-state index contributed by atoms with van der Waals surface area (Å²) >= 11 is 0. The molecule has 1 saturated heterocycles. The average molecular weight is 247 g/mol. The first-order valence-electron chi connectivity index (χ1n) is 6.45. The van der Waals surface area contributed by atoms with Crippen molar-refractivity contribution in [2.24, 2.45) is 5.73 Å². The minimum Gasteiger partial charge on any atom is -0.330 e. The second-order valence-electron chi connectivity index (χ2n) is 4.99. The van der Waals surface area contributed by atoms with Crippen LogP contribution < -0.4 is 11.1 Å². The van der Waals surface area contributed by atoms with Crippen molar-refractivity contribution in [1.82, 2.24) is 10.2 Å². The molecule has 4 nitrogen and oxygen atoms in total. The molecule has 0 bridgehead atoms. The maximum absolute atomic E-state index is 11.9. The minimum atomic E-state index is 0.0153. The smallest absolute Gasteiger partial charge is 0.318 e. The van der Waals surface area contributed by atoms with Gasteiger partial charge in [0.2, 0.25) is 0 Å². The molecule has 2 unspecified atom stereocenters. The van der Waals surface area contributed by atoms with Crippen LogP contribution in [-0.2, 0) is 0 Å². The maximum Gasteiger partial charge on any atom is 0.318 e. The number of rotatable bonds is 4. The highest BCUT2D eigenvalue weighted by molar-refractivity contribution is 5.77. The fourth-order valence-electron chi connectivity index (χ4n) is 2.32. The Morgan fingerprint density at radius 3 is 2.72 bits per heavy atom. The molecule has 0 aliphatic carbocycles. The summed E-state index contributed by atoms with van der Waals surface area (Å²) in [5.41, 5.74) is 7.94. The van der Waals surface area contributed by atoms with E-state index in [0.29, 0.717) is 6.54 Å². The van der Waals surface area contributed by atoms with Gasteiger partial charge in [-0.2, -0.15) is 0 Å². The number of aryl methyl sites for hydroxylation is 1. The Balaban J connectivity index is 2.06. The standard InChI is InChI=1S/C14H21N3O/c1-10-3-5-12(6-4-10)13-9-17(14(18)16-13)11(2)7-8-15/h3-6,11,13H,7-9,15H2,1-2H3,(H,16,18). The Bertz CT molecular complexity index is 416. The van der Waals surface area contributed by atoms with Crippen molar-refractivity contribution in [3.05, 3.63) is 35.4 Å². The zero-order valence-corrected chi connectivity index (χ0v) is 11.0. The van der Waals surface area contributed by atoms with Crippen LogP contribution in [0.25, 0.3) is 0 Å². The fourth-order valence-corrected chi connectivity index (χ4v) is 2.32. The van der Waals surface area contributed by atoms with E-state index in [1.165, 1.54) is 5.56 Å². The predicted molar refractivity (Wildman–Crippen MR) is 72.3 cm³/mol. The molecule has 1 aliphatic rings. The van der Waals surface area contributed by atoms with Gasteiger partial charge in [0.15, 0.2) is 0 Å². The van der Waals surface area contributed by atoms with Crippen LogP contribution in [0.5, 0.6) is 0 Å². The van der Waals surface area contributed by atoms with Gasteiger partial charge in [0.25, 0.3) is 0 Å². The number of carbonyl (C=O) groups excluding carboxylic acids is 1. The molecule has 4 heteroatoms. The minimum absolute atomic E-state index is 0.0153. The van der Waals surface area contributed by atoms with Gasteiger partial charge in [0.1, 0.15) is 0 Å². The third-order valence-corrected chi connectivity index (χ3v) is 3.53. The van der Waals surface area contributed by atoms with Crippen molar-refractivity contribution < 1.29 is 4.79 Å². The Morgan fingerprint density at radius 2 is 2.11 bits per heavy atom. The highest BCUT2D eigenvalue weighted by atomic mass is 16.2. The van der Waals surface area contributed by atoms with Gasteiger partial charge < -0.3 is 16.0 Å². The van der Waals surface area contributed by atoms with Crippen LogP contribution in [0.4, 0.5) is 4.79 Å². The van der Waals surface area contributed by atoms with Crippen molar-refractivity contribution in [2.75, 3.05) is 13.1 Å². The average Bonchev–Trinajstić information content (AvgIpc) is 2.72. The lowest BCUT2D eigenvalue weighted by Gasteiger charge is -2.22. The van der Waals surface area contributed by atoms with Gasteiger partial charge in [0, 0.05) is 12.6 Å². The third-order valence-electron chi connectivity index (χ3n) is 3.53. The number of nitrogens with one attached hydrogen (secondary N) is 1. The lowest BCUT2D eigenvalue weighted by molar-refractivity contribution is 0.199. The molecular formula is C14H21N3O. The number of nitrogens with zero attached hydrogens (tertiary/aromatic N) is 1. The second kappa shape index (κ2) is 5.40. The van der Waals surface area contributed by atoms with Crippen LogP contribution in [0.2, 0.25) is 0 Å². The number of urea groups is 1. The fraction of sp³-hybridized carbons (Fsp3) is 0.500. The highest BCUT2D eigenvalue weighted by Gasteiger charge is 2.32. The van der Waals surface area contributed by atoms with Crippen LogP contribution in [0, 0.1) is 6.92 Å². The van der Waals surface area contributed by atoms with Gasteiger partial charge in [-0.05, 0) is 32.4 Å². The van der Waals surface area contributed by atoms with Crippen LogP contribution >= 0.6 is 0 Å². The molecule has 1 heterocycles. The predicted octanol–water partition coefficient (Wildman–Crippen LogP) is 1.80. The molecular weight excluding hydrogens is 226 g/mol. The second-order valence-corrected chi connectivity index (χ2v) is 4.99. The summed E-state index contributed by atoms with van der Waals surface area (Å²) in [7, 11) is 0. The van der Waals surface area contributed by atoms with Gasteiger partial charge >= 0.3 is 6.03 Å². The first-order valence-corrected chi connectivity index (χ1v) is 6.45. The van der Waals surface area contributed by atoms with Crippen molar-refractivity contribution in [2.45, 2.75) is 32.4 Å². The summed E-state index contributed by atoms with van der Waals surface area (Å²) in [5.74, 6) is 0. The molecule has 1 aliphatic heterocycles. The zero-order chi connectivity index (χ0) is 13.1. The number of hydrogen-bond donors (Lipinski definition) is 2. The number of hydrogen-bond acceptors (Lipinski definition) is 2. The summed E-state index contributed by atoms with van der Waals surface area (Å²) in [6.07, 6.45) is 0.841. The van der Waals surface area contributed by atoms with Crippen LogP contribution in [0.15, 0.2) is 24.3 Å². The number of benzene rings is 1. The Morgan fingerprint density at radius 1 is 1.44 bits per heavy atom. The van der Waals surface area contributed by atoms with Gasteiger partial charge in [0.05, 0.1) is 6.04 Å². The Labute approximate surface area is 108 Å². The number of nitrogens with two attached hydrogens (primary N) is 1. The highest BCUT2D eigenvalue weighted by Crippen LogP contribution is 2.22. The molecule has 2 atom stereocenters. The molecule has 1 fully saturated rings. The van der Waals surface area contributed by atoms with Crippen LogP contribution in [0.1, 0.15) is 30.5 Å². The number of amides is 2. The largest absolute Gasteiger partial charge is 0.330 e. The molecule has 18 heavy (non-hydrogen) atoms. The van der Waals surface area contributed by atoms with E-state index in [-0.39, 0.29) is 18.1 Å². The molecule has 0 radical (unpaired) electrons. The molecule has 98 valence electrons. The lowest BCUT2D eigenvalue weighted by Crippen LogP contribution is -2.37. The maximum atomic E-state index is 11.9. The van der Waals surface area contributed by atoms with Gasteiger partial charge in [-0.1, -0.05) is 29.8 Å². The summed E-state index contributed by atoms with van der Waals surface area (Å²) < 4.78 is 0. The summed E-state index contributed by atoms with van der Waals surface area (Å²) in [6, 6.07) is 8.63. The van der Waals surface area contributed by atoms with Crippen molar-refractivity contribution in [3.63, 3.8) is 0 Å². The molecule has 2 amide bonds. The normalized spacial score (nSPS) is 20.9. The monoisotopic (exact) mass is 247 g/mol. The quantitative estimate of drug-likeness (QED) is 0.852. The van der Waals surface area contributed by atoms with Crippen LogP contribution in [0.3, 0.4) is 0 Å². The summed E-state index contributed by atoms with van der Waals surface area (Å²) in [6.45, 7) is 5.44. The third kappa shape index (κ3) is 2.64. The van der Waals surface area contributed by atoms with Gasteiger partial charge in [-0.15, -0.1) is 0 Å². The molecule has 0 aromatic heterocycles. The Hall–Kier alpha value is -1.55. The Kier molecular flexibility index (Phi) is 3.87. The van der Waals surface area contributed by atoms with E-state index in [0.717, 1.165) is 18.5 Å². The van der Waals surface area contributed by atoms with E-state index in [9.17, 15) is 4.79 Å². The van der Waals surface area contributed by atoms with Crippen molar-refractivity contribution >= 4 is 6.03 Å². The van der Waals surface area contributed by atoms with E-state index < -0.39 is 0 Å². The summed E-state index contributed by atoms with van der Waals surface area (Å²) in [4.78, 5) is 13.8.